The van der Waals surface area contributed by atoms with Gasteiger partial charge in [0.2, 0.25) is 0 Å². The number of rotatable bonds is 5. The van der Waals surface area contributed by atoms with E-state index in [1.54, 1.807) is 29.1 Å². The topological polar surface area (TPSA) is 44.5 Å². The SMILES string of the molecule is C=C[C@H](N)C(OI)OC(C)C. The number of hydrogen-bond donors (Lipinski definition) is 1. The highest BCUT2D eigenvalue weighted by Gasteiger charge is 2.16. The van der Waals surface area contributed by atoms with Gasteiger partial charge in [-0.05, 0) is 13.8 Å². The molecule has 0 aromatic heterocycles. The third-order valence-electron chi connectivity index (χ3n) is 1.08. The number of hydrogen-bond acceptors (Lipinski definition) is 3. The third-order valence-corrected chi connectivity index (χ3v) is 1.58. The van der Waals surface area contributed by atoms with Crippen molar-refractivity contribution in [2.45, 2.75) is 32.3 Å². The van der Waals surface area contributed by atoms with Gasteiger partial charge in [0, 0.05) is 0 Å². The van der Waals surface area contributed by atoms with Crippen LogP contribution in [0.1, 0.15) is 13.8 Å². The summed E-state index contributed by atoms with van der Waals surface area (Å²) in [5, 5.41) is 0. The van der Waals surface area contributed by atoms with Crippen molar-refractivity contribution >= 4 is 23.0 Å². The van der Waals surface area contributed by atoms with Gasteiger partial charge in [-0.2, -0.15) is 0 Å². The molecule has 0 aliphatic carbocycles. The molecule has 0 aromatic rings. The molecule has 0 rings (SSSR count). The van der Waals surface area contributed by atoms with E-state index >= 15 is 0 Å². The molecule has 0 bridgehead atoms. The summed E-state index contributed by atoms with van der Waals surface area (Å²) in [6.45, 7) is 7.41. The monoisotopic (exact) mass is 271 g/mol. The van der Waals surface area contributed by atoms with Crippen molar-refractivity contribution in [1.29, 1.82) is 0 Å². The van der Waals surface area contributed by atoms with Gasteiger partial charge in [0.15, 0.2) is 6.29 Å². The van der Waals surface area contributed by atoms with Gasteiger partial charge in [-0.3, -0.25) is 3.07 Å². The standard InChI is InChI=1S/C7H14INO2/c1-4-6(9)7(11-8)10-5(2)3/h4-7H,1,9H2,2-3H3/t6-,7?/m0/s1. The molecule has 0 fully saturated rings. The Hall–Kier alpha value is 0.350. The summed E-state index contributed by atoms with van der Waals surface area (Å²) >= 11 is 1.77. The first-order valence-corrected chi connectivity index (χ1v) is 4.31. The highest BCUT2D eigenvalue weighted by atomic mass is 127. The Morgan fingerprint density at radius 2 is 2.09 bits per heavy atom. The molecule has 2 N–H and O–H groups in total. The van der Waals surface area contributed by atoms with Crippen LogP contribution in [0.2, 0.25) is 0 Å². The Bertz CT molecular complexity index is 119. The molecule has 0 spiro atoms. The Balaban J connectivity index is 3.83. The molecule has 3 nitrogen and oxygen atoms in total. The minimum atomic E-state index is -0.395. The Labute approximate surface area is 81.6 Å². The zero-order valence-electron chi connectivity index (χ0n) is 6.79. The second-order valence-corrected chi connectivity index (χ2v) is 2.96. The van der Waals surface area contributed by atoms with Crippen LogP contribution in [-0.4, -0.2) is 18.4 Å². The van der Waals surface area contributed by atoms with Gasteiger partial charge in [0.1, 0.15) is 23.0 Å². The van der Waals surface area contributed by atoms with Crippen LogP contribution in [0.25, 0.3) is 0 Å². The molecule has 0 aliphatic rings. The highest BCUT2D eigenvalue weighted by molar-refractivity contribution is 14.1. The predicted molar refractivity (Wildman–Crippen MR) is 53.3 cm³/mol. The summed E-state index contributed by atoms with van der Waals surface area (Å²) in [5.41, 5.74) is 5.60. The average molecular weight is 271 g/mol. The smallest absolute Gasteiger partial charge is 0.187 e. The molecule has 0 saturated heterocycles. The summed E-state index contributed by atoms with van der Waals surface area (Å²) in [5.74, 6) is 0. The molecule has 2 atom stereocenters. The van der Waals surface area contributed by atoms with Crippen LogP contribution in [0.15, 0.2) is 12.7 Å². The van der Waals surface area contributed by atoms with Crippen molar-refractivity contribution < 1.29 is 7.80 Å². The first-order chi connectivity index (χ1) is 5.11. The fraction of sp³-hybridized carbons (Fsp3) is 0.714. The van der Waals surface area contributed by atoms with Crippen LogP contribution >= 0.6 is 23.0 Å². The van der Waals surface area contributed by atoms with Crippen LogP contribution in [0, 0.1) is 0 Å². The zero-order valence-corrected chi connectivity index (χ0v) is 8.95. The molecular weight excluding hydrogens is 257 g/mol. The van der Waals surface area contributed by atoms with Crippen molar-refractivity contribution in [2.24, 2.45) is 5.73 Å². The lowest BCUT2D eigenvalue weighted by molar-refractivity contribution is -0.0918. The molecular formula is C7H14INO2. The fourth-order valence-electron chi connectivity index (χ4n) is 0.550. The molecule has 0 radical (unpaired) electrons. The van der Waals surface area contributed by atoms with E-state index in [0.717, 1.165) is 0 Å². The molecule has 11 heavy (non-hydrogen) atoms. The molecule has 1 unspecified atom stereocenters. The molecule has 0 aromatic carbocycles. The zero-order chi connectivity index (χ0) is 8.85. The summed E-state index contributed by atoms with van der Waals surface area (Å²) in [4.78, 5) is 0. The van der Waals surface area contributed by atoms with Crippen LogP contribution in [0.5, 0.6) is 0 Å². The number of ether oxygens (including phenoxy) is 1. The van der Waals surface area contributed by atoms with Gasteiger partial charge in [-0.15, -0.1) is 6.58 Å². The maximum Gasteiger partial charge on any atom is 0.187 e. The van der Waals surface area contributed by atoms with Crippen molar-refractivity contribution in [3.63, 3.8) is 0 Å². The molecule has 0 amide bonds. The first-order valence-electron chi connectivity index (χ1n) is 3.42. The summed E-state index contributed by atoms with van der Waals surface area (Å²) in [7, 11) is 0. The van der Waals surface area contributed by atoms with Crippen LogP contribution in [-0.2, 0) is 7.80 Å². The van der Waals surface area contributed by atoms with E-state index in [1.807, 2.05) is 13.8 Å². The summed E-state index contributed by atoms with van der Waals surface area (Å²) in [6.07, 6.45) is 1.32. The van der Waals surface area contributed by atoms with Crippen LogP contribution < -0.4 is 5.73 Å². The number of halogens is 1. The van der Waals surface area contributed by atoms with E-state index in [0.29, 0.717) is 0 Å². The molecule has 0 heterocycles. The Morgan fingerprint density at radius 1 is 1.55 bits per heavy atom. The minimum absolute atomic E-state index is 0.112. The summed E-state index contributed by atoms with van der Waals surface area (Å²) in [6, 6.07) is -0.269. The maximum atomic E-state index is 5.60. The predicted octanol–water partition coefficient (Wildman–Crippen LogP) is 1.62. The van der Waals surface area contributed by atoms with Crippen molar-refractivity contribution in [1.82, 2.24) is 0 Å². The van der Waals surface area contributed by atoms with E-state index in [-0.39, 0.29) is 12.1 Å². The molecule has 66 valence electrons. The molecule has 0 aliphatic heterocycles. The normalized spacial score (nSPS) is 16.5. The van der Waals surface area contributed by atoms with E-state index in [4.69, 9.17) is 13.5 Å². The maximum absolute atomic E-state index is 5.60. The van der Waals surface area contributed by atoms with E-state index in [9.17, 15) is 0 Å². The number of nitrogens with two attached hydrogens (primary N) is 1. The van der Waals surface area contributed by atoms with Crippen LogP contribution in [0.4, 0.5) is 0 Å². The molecule has 4 heteroatoms. The van der Waals surface area contributed by atoms with Gasteiger partial charge >= 0.3 is 0 Å². The third kappa shape index (κ3) is 4.73. The lowest BCUT2D eigenvalue weighted by Crippen LogP contribution is -2.36. The van der Waals surface area contributed by atoms with Gasteiger partial charge in [-0.1, -0.05) is 6.08 Å². The van der Waals surface area contributed by atoms with Crippen molar-refractivity contribution in [2.75, 3.05) is 0 Å². The second-order valence-electron chi connectivity index (χ2n) is 2.46. The van der Waals surface area contributed by atoms with Crippen LogP contribution in [0.3, 0.4) is 0 Å². The van der Waals surface area contributed by atoms with E-state index < -0.39 is 6.29 Å². The lowest BCUT2D eigenvalue weighted by atomic mass is 10.3. The van der Waals surface area contributed by atoms with Gasteiger partial charge in [0.25, 0.3) is 0 Å². The Kier molecular flexibility index (Phi) is 6.12. The largest absolute Gasteiger partial charge is 0.347 e. The minimum Gasteiger partial charge on any atom is -0.347 e. The van der Waals surface area contributed by atoms with Gasteiger partial charge in [0.05, 0.1) is 12.1 Å². The molecule has 0 saturated carbocycles. The van der Waals surface area contributed by atoms with Gasteiger partial charge in [-0.25, -0.2) is 0 Å². The van der Waals surface area contributed by atoms with E-state index in [2.05, 4.69) is 6.58 Å². The quantitative estimate of drug-likeness (QED) is 0.469. The highest BCUT2D eigenvalue weighted by Crippen LogP contribution is 2.07. The lowest BCUT2D eigenvalue weighted by Gasteiger charge is -2.20. The van der Waals surface area contributed by atoms with Crippen molar-refractivity contribution in [3.05, 3.63) is 12.7 Å². The second kappa shape index (κ2) is 5.93. The summed E-state index contributed by atoms with van der Waals surface area (Å²) < 4.78 is 10.3. The van der Waals surface area contributed by atoms with Gasteiger partial charge < -0.3 is 10.5 Å². The van der Waals surface area contributed by atoms with Crippen molar-refractivity contribution in [3.8, 4) is 0 Å². The average Bonchev–Trinajstić information content (AvgIpc) is 1.98. The fourth-order valence-corrected chi connectivity index (χ4v) is 1.01. The van der Waals surface area contributed by atoms with E-state index in [1.165, 1.54) is 0 Å². The Morgan fingerprint density at radius 3 is 2.36 bits per heavy atom. The first kappa shape index (κ1) is 11.4.